The number of carbonyl (C=O) groups excluding carboxylic acids is 1. The van der Waals surface area contributed by atoms with Gasteiger partial charge < -0.3 is 10.8 Å². The number of carbonyl (C=O) groups is 1. The van der Waals surface area contributed by atoms with Crippen LogP contribution in [0.1, 0.15) is 46.9 Å². The zero-order chi connectivity index (χ0) is 17.8. The predicted molar refractivity (Wildman–Crippen MR) is 94.4 cm³/mol. The summed E-state index contributed by atoms with van der Waals surface area (Å²) in [5.74, 6) is -0.723. The van der Waals surface area contributed by atoms with Crippen molar-refractivity contribution in [1.82, 2.24) is 4.90 Å². The summed E-state index contributed by atoms with van der Waals surface area (Å²) in [4.78, 5) is 13.7. The smallest absolute Gasteiger partial charge is 0.248 e. The van der Waals surface area contributed by atoms with Gasteiger partial charge in [-0.15, -0.1) is 0 Å². The first-order valence-electron chi connectivity index (χ1n) is 8.59. The number of benzene rings is 2. The van der Waals surface area contributed by atoms with Crippen LogP contribution in [0.4, 0.5) is 4.39 Å². The average Bonchev–Trinajstić information content (AvgIpc) is 3.02. The Hall–Kier alpha value is -2.24. The molecule has 1 amide bonds. The molecule has 1 aliphatic heterocycles. The zero-order valence-electron chi connectivity index (χ0n) is 14.1. The second-order valence-corrected chi connectivity index (χ2v) is 6.63. The van der Waals surface area contributed by atoms with Crippen molar-refractivity contribution in [2.75, 3.05) is 6.54 Å². The molecule has 3 N–H and O–H groups in total. The fourth-order valence-corrected chi connectivity index (χ4v) is 3.51. The average molecular weight is 342 g/mol. The van der Waals surface area contributed by atoms with E-state index in [1.807, 2.05) is 18.2 Å². The summed E-state index contributed by atoms with van der Waals surface area (Å²) >= 11 is 0. The quantitative estimate of drug-likeness (QED) is 0.848. The van der Waals surface area contributed by atoms with Gasteiger partial charge in [-0.1, -0.05) is 24.3 Å². The topological polar surface area (TPSA) is 66.6 Å². The Labute approximate surface area is 147 Å². The van der Waals surface area contributed by atoms with E-state index < -0.39 is 12.0 Å². The number of primary amides is 1. The van der Waals surface area contributed by atoms with Crippen molar-refractivity contribution in [2.24, 2.45) is 5.73 Å². The molecule has 0 bridgehead atoms. The summed E-state index contributed by atoms with van der Waals surface area (Å²) in [6.07, 6.45) is 2.11. The molecule has 1 fully saturated rings. The van der Waals surface area contributed by atoms with Crippen LogP contribution in [0, 0.1) is 5.82 Å². The van der Waals surface area contributed by atoms with E-state index in [-0.39, 0.29) is 11.9 Å². The minimum atomic E-state index is -0.608. The first kappa shape index (κ1) is 17.6. The van der Waals surface area contributed by atoms with Crippen LogP contribution in [0.3, 0.4) is 0 Å². The summed E-state index contributed by atoms with van der Waals surface area (Å²) in [5.41, 5.74) is 7.64. The van der Waals surface area contributed by atoms with E-state index in [4.69, 9.17) is 5.73 Å². The van der Waals surface area contributed by atoms with Crippen molar-refractivity contribution in [3.05, 3.63) is 71.0 Å². The Morgan fingerprint density at radius 2 is 2.04 bits per heavy atom. The second kappa shape index (κ2) is 7.76. The summed E-state index contributed by atoms with van der Waals surface area (Å²) < 4.78 is 13.0. The van der Waals surface area contributed by atoms with E-state index in [9.17, 15) is 14.3 Å². The molecule has 0 saturated carbocycles. The van der Waals surface area contributed by atoms with E-state index in [0.29, 0.717) is 12.0 Å². The molecule has 0 unspecified atom stereocenters. The molecule has 5 heteroatoms. The van der Waals surface area contributed by atoms with Gasteiger partial charge in [0.2, 0.25) is 5.91 Å². The van der Waals surface area contributed by atoms with Gasteiger partial charge in [-0.3, -0.25) is 9.69 Å². The number of hydrogen-bond acceptors (Lipinski definition) is 3. The number of nitrogens with two attached hydrogens (primary N) is 1. The first-order valence-corrected chi connectivity index (χ1v) is 8.59. The van der Waals surface area contributed by atoms with Crippen molar-refractivity contribution in [3.8, 4) is 0 Å². The number of nitrogens with zero attached hydrogens (tertiary/aromatic N) is 1. The minimum absolute atomic E-state index is 0.261. The van der Waals surface area contributed by atoms with E-state index in [1.165, 1.54) is 12.1 Å². The largest absolute Gasteiger partial charge is 0.388 e. The zero-order valence-corrected chi connectivity index (χ0v) is 14.1. The second-order valence-electron chi connectivity index (χ2n) is 6.63. The van der Waals surface area contributed by atoms with Crippen molar-refractivity contribution < 1.29 is 14.3 Å². The Kier molecular flexibility index (Phi) is 5.46. The molecular formula is C20H23FN2O2. The molecule has 4 nitrogen and oxygen atoms in total. The highest BCUT2D eigenvalue weighted by Crippen LogP contribution is 2.28. The van der Waals surface area contributed by atoms with Crippen LogP contribution in [0.5, 0.6) is 0 Å². The maximum Gasteiger partial charge on any atom is 0.248 e. The third kappa shape index (κ3) is 4.44. The Morgan fingerprint density at radius 3 is 2.76 bits per heavy atom. The number of amides is 1. The molecular weight excluding hydrogens is 319 g/mol. The summed E-state index contributed by atoms with van der Waals surface area (Å²) in [6, 6.07) is 13.6. The van der Waals surface area contributed by atoms with Gasteiger partial charge in [-0.25, -0.2) is 4.39 Å². The lowest BCUT2D eigenvalue weighted by molar-refractivity contribution is 0.1000. The van der Waals surface area contributed by atoms with E-state index in [1.54, 1.807) is 18.2 Å². The number of hydrogen-bond donors (Lipinski definition) is 2. The molecule has 2 aromatic rings. The molecule has 0 aromatic heterocycles. The van der Waals surface area contributed by atoms with Gasteiger partial charge in [-0.2, -0.15) is 0 Å². The predicted octanol–water partition coefficient (Wildman–Crippen LogP) is 3.01. The van der Waals surface area contributed by atoms with Gasteiger partial charge in [0.25, 0.3) is 0 Å². The summed E-state index contributed by atoms with van der Waals surface area (Å²) in [6.45, 7) is 1.68. The molecule has 0 aliphatic carbocycles. The van der Waals surface area contributed by atoms with Crippen molar-refractivity contribution in [1.29, 1.82) is 0 Å². The van der Waals surface area contributed by atoms with Crippen LogP contribution in [0.15, 0.2) is 48.5 Å². The highest BCUT2D eigenvalue weighted by molar-refractivity contribution is 5.92. The SMILES string of the molecule is NC(=O)c1cccc(CN2CCC[C@@H]2C[C@H](O)c2ccc(F)cc2)c1. The third-order valence-electron chi connectivity index (χ3n) is 4.85. The van der Waals surface area contributed by atoms with Crippen molar-refractivity contribution in [2.45, 2.75) is 38.0 Å². The summed E-state index contributed by atoms with van der Waals surface area (Å²) in [5, 5.41) is 10.5. The van der Waals surface area contributed by atoms with E-state index >= 15 is 0 Å². The molecule has 0 radical (unpaired) electrons. The molecule has 0 spiro atoms. The molecule has 1 aliphatic rings. The Morgan fingerprint density at radius 1 is 1.28 bits per heavy atom. The fraction of sp³-hybridized carbons (Fsp3) is 0.350. The highest BCUT2D eigenvalue weighted by atomic mass is 19.1. The molecule has 3 rings (SSSR count). The molecule has 132 valence electrons. The normalized spacial score (nSPS) is 19.0. The van der Waals surface area contributed by atoms with Crippen LogP contribution >= 0.6 is 0 Å². The van der Waals surface area contributed by atoms with Crippen molar-refractivity contribution >= 4 is 5.91 Å². The van der Waals surface area contributed by atoms with Crippen LogP contribution in [-0.4, -0.2) is 28.5 Å². The summed E-state index contributed by atoms with van der Waals surface area (Å²) in [7, 11) is 0. The van der Waals surface area contributed by atoms with Crippen molar-refractivity contribution in [3.63, 3.8) is 0 Å². The lowest BCUT2D eigenvalue weighted by Crippen LogP contribution is -2.30. The standard InChI is InChI=1S/C20H23FN2O2/c21-17-8-6-15(7-9-17)19(24)12-18-5-2-10-23(18)13-14-3-1-4-16(11-14)20(22)25/h1,3-4,6-9,11,18-19,24H,2,5,10,12-13H2,(H2,22,25)/t18-,19+/m1/s1. The van der Waals surface area contributed by atoms with Gasteiger partial charge in [0.1, 0.15) is 5.82 Å². The molecule has 1 heterocycles. The van der Waals surface area contributed by atoms with Crippen LogP contribution in [0.2, 0.25) is 0 Å². The molecule has 2 aromatic carbocycles. The minimum Gasteiger partial charge on any atom is -0.388 e. The first-order chi connectivity index (χ1) is 12.0. The van der Waals surface area contributed by atoms with Gasteiger partial charge >= 0.3 is 0 Å². The van der Waals surface area contributed by atoms with Gasteiger partial charge in [-0.05, 0) is 61.2 Å². The lowest BCUT2D eigenvalue weighted by Gasteiger charge is -2.26. The third-order valence-corrected chi connectivity index (χ3v) is 4.85. The Balaban J connectivity index is 1.65. The fourth-order valence-electron chi connectivity index (χ4n) is 3.51. The van der Waals surface area contributed by atoms with Gasteiger partial charge in [0, 0.05) is 18.2 Å². The number of aliphatic hydroxyl groups excluding tert-OH is 1. The van der Waals surface area contributed by atoms with Gasteiger partial charge in [0.05, 0.1) is 6.10 Å². The number of halogens is 1. The molecule has 1 saturated heterocycles. The monoisotopic (exact) mass is 342 g/mol. The van der Waals surface area contributed by atoms with Crippen LogP contribution in [-0.2, 0) is 6.54 Å². The number of likely N-dealkylation sites (tertiary alicyclic amines) is 1. The maximum atomic E-state index is 13.0. The number of rotatable bonds is 6. The maximum absolute atomic E-state index is 13.0. The van der Waals surface area contributed by atoms with Crippen LogP contribution in [0.25, 0.3) is 0 Å². The Bertz CT molecular complexity index is 733. The lowest BCUT2D eigenvalue weighted by atomic mass is 10.00. The molecule has 25 heavy (non-hydrogen) atoms. The molecule has 2 atom stereocenters. The van der Waals surface area contributed by atoms with E-state index in [0.717, 1.165) is 37.1 Å². The van der Waals surface area contributed by atoms with Crippen LogP contribution < -0.4 is 5.73 Å². The number of aliphatic hydroxyl groups is 1. The van der Waals surface area contributed by atoms with E-state index in [2.05, 4.69) is 4.90 Å². The van der Waals surface area contributed by atoms with Gasteiger partial charge in [0.15, 0.2) is 0 Å². The highest BCUT2D eigenvalue weighted by Gasteiger charge is 2.27.